The lowest BCUT2D eigenvalue weighted by Gasteiger charge is -2.06. The van der Waals surface area contributed by atoms with E-state index < -0.39 is 0 Å². The van der Waals surface area contributed by atoms with Crippen molar-refractivity contribution in [3.8, 4) is 0 Å². The molecule has 0 aliphatic carbocycles. The first kappa shape index (κ1) is 17.6. The van der Waals surface area contributed by atoms with Crippen molar-refractivity contribution in [2.75, 3.05) is 6.26 Å². The summed E-state index contributed by atoms with van der Waals surface area (Å²) in [6.45, 7) is 3.95. The Morgan fingerprint density at radius 3 is 2.73 bits per heavy atom. The van der Waals surface area contributed by atoms with Gasteiger partial charge >= 0.3 is 0 Å². The number of rotatable bonds is 4. The van der Waals surface area contributed by atoms with Gasteiger partial charge in [-0.25, -0.2) is 14.5 Å². The summed E-state index contributed by atoms with van der Waals surface area (Å²) in [4.78, 5) is 14.6. The van der Waals surface area contributed by atoms with Gasteiger partial charge in [0.1, 0.15) is 5.15 Å². The molecule has 0 saturated carbocycles. The number of halogens is 1. The molecule has 0 radical (unpaired) electrons. The number of hydrogen-bond acceptors (Lipinski definition) is 6. The standard InChI is InChI=1S/C18H16ClN5S2/c1-10-6-11(2)24-17(20-10)22-18(23-24)26-9-13-7-12-4-5-14(25-3)8-15(12)21-16(13)19/h4-8H,9H2,1-3H3. The second kappa shape index (κ2) is 7.06. The molecule has 1 aromatic carbocycles. The molecule has 26 heavy (non-hydrogen) atoms. The number of thioether (sulfide) groups is 2. The van der Waals surface area contributed by atoms with E-state index in [1.807, 2.05) is 26.2 Å². The van der Waals surface area contributed by atoms with E-state index in [0.29, 0.717) is 21.8 Å². The van der Waals surface area contributed by atoms with Gasteiger partial charge in [0.25, 0.3) is 5.78 Å². The molecule has 0 saturated heterocycles. The van der Waals surface area contributed by atoms with Crippen LogP contribution in [0.1, 0.15) is 17.0 Å². The first-order chi connectivity index (χ1) is 12.5. The molecule has 132 valence electrons. The van der Waals surface area contributed by atoms with Gasteiger partial charge in [0.05, 0.1) is 5.52 Å². The second-order valence-corrected chi connectivity index (χ2v) is 8.11. The van der Waals surface area contributed by atoms with Crippen molar-refractivity contribution in [2.45, 2.75) is 29.7 Å². The maximum atomic E-state index is 6.40. The Bertz CT molecular complexity index is 1130. The second-order valence-electron chi connectivity index (χ2n) is 5.93. The fraction of sp³-hybridized carbons (Fsp3) is 0.222. The van der Waals surface area contributed by atoms with Crippen molar-refractivity contribution in [1.29, 1.82) is 0 Å². The summed E-state index contributed by atoms with van der Waals surface area (Å²) in [5.74, 6) is 1.28. The molecule has 0 aliphatic rings. The van der Waals surface area contributed by atoms with Crippen molar-refractivity contribution in [1.82, 2.24) is 24.6 Å². The van der Waals surface area contributed by atoms with Crippen molar-refractivity contribution >= 4 is 51.8 Å². The zero-order valence-corrected chi connectivity index (χ0v) is 16.9. The molecule has 0 fully saturated rings. The topological polar surface area (TPSA) is 56.0 Å². The predicted molar refractivity (Wildman–Crippen MR) is 108 cm³/mol. The monoisotopic (exact) mass is 401 g/mol. The summed E-state index contributed by atoms with van der Waals surface area (Å²) in [5, 5.41) is 6.81. The SMILES string of the molecule is CSc1ccc2cc(CSc3nc4nc(C)cc(C)n4n3)c(Cl)nc2c1. The number of aryl methyl sites for hydroxylation is 2. The van der Waals surface area contributed by atoms with E-state index >= 15 is 0 Å². The number of nitrogens with zero attached hydrogens (tertiary/aromatic N) is 5. The smallest absolute Gasteiger partial charge is 0.236 e. The van der Waals surface area contributed by atoms with Gasteiger partial charge in [-0.1, -0.05) is 29.4 Å². The minimum Gasteiger partial charge on any atom is -0.236 e. The molecule has 0 spiro atoms. The zero-order chi connectivity index (χ0) is 18.3. The lowest BCUT2D eigenvalue weighted by atomic mass is 10.2. The Hall–Kier alpha value is -1.83. The van der Waals surface area contributed by atoms with Crippen LogP contribution < -0.4 is 0 Å². The van der Waals surface area contributed by atoms with Crippen LogP contribution in [0.25, 0.3) is 16.7 Å². The molecule has 0 N–H and O–H groups in total. The first-order valence-electron chi connectivity index (χ1n) is 8.00. The largest absolute Gasteiger partial charge is 0.253 e. The lowest BCUT2D eigenvalue weighted by molar-refractivity contribution is 0.843. The molecule has 8 heteroatoms. The van der Waals surface area contributed by atoms with Crippen molar-refractivity contribution in [2.24, 2.45) is 0 Å². The summed E-state index contributed by atoms with van der Waals surface area (Å²) in [6, 6.07) is 10.3. The van der Waals surface area contributed by atoms with E-state index in [0.717, 1.165) is 27.9 Å². The molecular formula is C18H16ClN5S2. The van der Waals surface area contributed by atoms with Crippen molar-refractivity contribution < 1.29 is 0 Å². The molecule has 0 atom stereocenters. The molecule has 3 aromatic heterocycles. The quantitative estimate of drug-likeness (QED) is 0.356. The number of benzene rings is 1. The molecule has 4 aromatic rings. The summed E-state index contributed by atoms with van der Waals surface area (Å²) < 4.78 is 1.76. The average molecular weight is 402 g/mol. The van der Waals surface area contributed by atoms with Gasteiger partial charge in [0.15, 0.2) is 0 Å². The predicted octanol–water partition coefficient (Wildman–Crippen LogP) is 4.96. The van der Waals surface area contributed by atoms with Gasteiger partial charge < -0.3 is 0 Å². The molecule has 0 amide bonds. The molecule has 3 heterocycles. The van der Waals surface area contributed by atoms with Crippen LogP contribution in [0, 0.1) is 13.8 Å². The van der Waals surface area contributed by atoms with Gasteiger partial charge in [0.2, 0.25) is 5.16 Å². The van der Waals surface area contributed by atoms with Gasteiger partial charge in [0, 0.05) is 33.0 Å². The average Bonchev–Trinajstić information content (AvgIpc) is 3.02. The molecule has 5 nitrogen and oxygen atoms in total. The van der Waals surface area contributed by atoms with E-state index in [9.17, 15) is 0 Å². The highest BCUT2D eigenvalue weighted by molar-refractivity contribution is 7.98. The third-order valence-electron chi connectivity index (χ3n) is 4.01. The van der Waals surface area contributed by atoms with Crippen LogP contribution in [0.3, 0.4) is 0 Å². The Kier molecular flexibility index (Phi) is 4.77. The summed E-state index contributed by atoms with van der Waals surface area (Å²) >= 11 is 9.63. The van der Waals surface area contributed by atoms with Crippen LogP contribution in [0.15, 0.2) is 40.4 Å². The summed E-state index contributed by atoms with van der Waals surface area (Å²) in [7, 11) is 0. The number of pyridine rings is 1. The van der Waals surface area contributed by atoms with Crippen molar-refractivity contribution in [3.63, 3.8) is 0 Å². The van der Waals surface area contributed by atoms with Crippen LogP contribution in [-0.4, -0.2) is 30.8 Å². The zero-order valence-electron chi connectivity index (χ0n) is 14.5. The minimum absolute atomic E-state index is 0.525. The van der Waals surface area contributed by atoms with Gasteiger partial charge in [-0.05, 0) is 44.4 Å². The normalized spacial score (nSPS) is 11.5. The summed E-state index contributed by atoms with van der Waals surface area (Å²) in [5.41, 5.74) is 3.84. The van der Waals surface area contributed by atoms with E-state index in [1.165, 1.54) is 16.7 Å². The number of aromatic nitrogens is 5. The van der Waals surface area contributed by atoms with Gasteiger partial charge in [-0.2, -0.15) is 4.98 Å². The van der Waals surface area contributed by atoms with Crippen LogP contribution in [0.5, 0.6) is 0 Å². The fourth-order valence-electron chi connectivity index (χ4n) is 2.75. The maximum absolute atomic E-state index is 6.40. The third-order valence-corrected chi connectivity index (χ3v) is 5.95. The van der Waals surface area contributed by atoms with Gasteiger partial charge in [-0.15, -0.1) is 16.9 Å². The minimum atomic E-state index is 0.525. The van der Waals surface area contributed by atoms with E-state index in [2.05, 4.69) is 44.3 Å². The van der Waals surface area contributed by atoms with E-state index in [-0.39, 0.29) is 0 Å². The lowest BCUT2D eigenvalue weighted by Crippen LogP contribution is -1.97. The molecule has 0 unspecified atom stereocenters. The molecule has 0 aliphatic heterocycles. The molecule has 0 bridgehead atoms. The van der Waals surface area contributed by atoms with Crippen LogP contribution in [0.4, 0.5) is 0 Å². The molecular weight excluding hydrogens is 386 g/mol. The van der Waals surface area contributed by atoms with Crippen LogP contribution >= 0.6 is 35.1 Å². The summed E-state index contributed by atoms with van der Waals surface area (Å²) in [6.07, 6.45) is 2.05. The van der Waals surface area contributed by atoms with E-state index in [4.69, 9.17) is 11.6 Å². The van der Waals surface area contributed by atoms with Crippen LogP contribution in [0.2, 0.25) is 5.15 Å². The van der Waals surface area contributed by atoms with E-state index in [1.54, 1.807) is 16.3 Å². The highest BCUT2D eigenvalue weighted by Crippen LogP contribution is 2.29. The Labute approximate surface area is 164 Å². The third kappa shape index (κ3) is 3.39. The fourth-order valence-corrected chi connectivity index (χ4v) is 4.26. The van der Waals surface area contributed by atoms with Crippen molar-refractivity contribution in [3.05, 3.63) is 52.4 Å². The Balaban J connectivity index is 1.61. The maximum Gasteiger partial charge on any atom is 0.253 e. The Morgan fingerprint density at radius 1 is 1.08 bits per heavy atom. The molecule has 4 rings (SSSR count). The number of hydrogen-bond donors (Lipinski definition) is 0. The van der Waals surface area contributed by atoms with Crippen LogP contribution in [-0.2, 0) is 5.75 Å². The number of fused-ring (bicyclic) bond motifs is 2. The Morgan fingerprint density at radius 2 is 1.92 bits per heavy atom. The van der Waals surface area contributed by atoms with Gasteiger partial charge in [-0.3, -0.25) is 0 Å². The first-order valence-corrected chi connectivity index (χ1v) is 10.6. The highest BCUT2D eigenvalue weighted by Gasteiger charge is 2.11. The highest BCUT2D eigenvalue weighted by atomic mass is 35.5.